The number of allylic oxidation sites excluding steroid dienone is 2. The topological polar surface area (TPSA) is 70.7 Å². The van der Waals surface area contributed by atoms with E-state index in [-0.39, 0.29) is 46.5 Å². The summed E-state index contributed by atoms with van der Waals surface area (Å²) in [6, 6.07) is 7.53. The Kier molecular flexibility index (Phi) is 6.69. The SMILES string of the molecule is CC(C)(C)Oc1ccc(NC(=O)[C@H]2[C@H](C(=O)NCCCCN3CCCC3)[C@H]3C=C[C@H]2C32CC2)cc1. The molecule has 2 amide bonds. The first kappa shape index (κ1) is 24.4. The highest BCUT2D eigenvalue weighted by molar-refractivity contribution is 5.97. The van der Waals surface area contributed by atoms with Crippen molar-refractivity contribution in [3.63, 3.8) is 0 Å². The van der Waals surface area contributed by atoms with E-state index in [1.54, 1.807) is 0 Å². The Balaban J connectivity index is 1.19. The number of unbranched alkanes of at least 4 members (excludes halogenated alkanes) is 1. The molecule has 1 saturated heterocycles. The van der Waals surface area contributed by atoms with Crippen LogP contribution in [0.25, 0.3) is 0 Å². The van der Waals surface area contributed by atoms with Gasteiger partial charge in [0, 0.05) is 12.2 Å². The highest BCUT2D eigenvalue weighted by Gasteiger charge is 2.69. The largest absolute Gasteiger partial charge is 0.488 e. The van der Waals surface area contributed by atoms with Gasteiger partial charge in [-0.3, -0.25) is 9.59 Å². The summed E-state index contributed by atoms with van der Waals surface area (Å²) in [6.07, 6.45) is 11.4. The minimum Gasteiger partial charge on any atom is -0.488 e. The smallest absolute Gasteiger partial charge is 0.228 e. The Morgan fingerprint density at radius 2 is 1.60 bits per heavy atom. The lowest BCUT2D eigenvalue weighted by Gasteiger charge is -2.26. The standard InChI is InChI=1S/C29H41N3O3/c1-28(2,3)35-21-10-8-20(9-11-21)31-27(34)25-23-13-12-22(29(23)14-15-29)24(25)26(33)30-16-4-5-17-32-18-6-7-19-32/h8-13,22-25H,4-7,14-19H2,1-3H3,(H,30,33)(H,31,34)/t22-,23-,24-,25-/m1/s1. The van der Waals surface area contributed by atoms with E-state index in [9.17, 15) is 9.59 Å². The molecule has 2 saturated carbocycles. The molecule has 2 N–H and O–H groups in total. The van der Waals surface area contributed by atoms with Crippen molar-refractivity contribution in [1.29, 1.82) is 0 Å². The van der Waals surface area contributed by atoms with Gasteiger partial charge in [0.2, 0.25) is 11.8 Å². The second kappa shape index (κ2) is 9.61. The van der Waals surface area contributed by atoms with E-state index >= 15 is 0 Å². The molecule has 6 heteroatoms. The summed E-state index contributed by atoms with van der Waals surface area (Å²) in [5.41, 5.74) is 0.617. The van der Waals surface area contributed by atoms with Gasteiger partial charge in [0.25, 0.3) is 0 Å². The van der Waals surface area contributed by atoms with Crippen molar-refractivity contribution in [3.8, 4) is 5.75 Å². The molecule has 1 aliphatic heterocycles. The molecule has 4 atom stereocenters. The number of hydrogen-bond acceptors (Lipinski definition) is 4. The van der Waals surface area contributed by atoms with Crippen LogP contribution in [0.1, 0.15) is 59.3 Å². The molecular formula is C29H41N3O3. The van der Waals surface area contributed by atoms with Crippen LogP contribution in [0.15, 0.2) is 36.4 Å². The van der Waals surface area contributed by atoms with E-state index < -0.39 is 0 Å². The number of ether oxygens (including phenoxy) is 1. The van der Waals surface area contributed by atoms with Crippen molar-refractivity contribution in [2.75, 3.05) is 31.5 Å². The molecule has 35 heavy (non-hydrogen) atoms. The normalized spacial score (nSPS) is 28.4. The summed E-state index contributed by atoms with van der Waals surface area (Å²) in [5.74, 6) is 0.585. The van der Waals surface area contributed by atoms with Crippen molar-refractivity contribution in [1.82, 2.24) is 10.2 Å². The van der Waals surface area contributed by atoms with Gasteiger partial charge in [0.05, 0.1) is 11.8 Å². The van der Waals surface area contributed by atoms with Gasteiger partial charge in [-0.05, 0) is 120 Å². The van der Waals surface area contributed by atoms with Gasteiger partial charge in [-0.25, -0.2) is 0 Å². The number of benzene rings is 1. The zero-order chi connectivity index (χ0) is 24.6. The van der Waals surface area contributed by atoms with Gasteiger partial charge in [-0.15, -0.1) is 0 Å². The van der Waals surface area contributed by atoms with Crippen molar-refractivity contribution >= 4 is 17.5 Å². The Labute approximate surface area is 209 Å². The number of likely N-dealkylation sites (tertiary alicyclic amines) is 1. The summed E-state index contributed by atoms with van der Waals surface area (Å²) in [5, 5.41) is 6.29. The number of amides is 2. The maximum Gasteiger partial charge on any atom is 0.228 e. The number of nitrogens with zero attached hydrogens (tertiary/aromatic N) is 1. The highest BCUT2D eigenvalue weighted by Crippen LogP contribution is 2.72. The van der Waals surface area contributed by atoms with Gasteiger partial charge >= 0.3 is 0 Å². The number of carbonyl (C=O) groups excluding carboxylic acids is 2. The second-order valence-electron chi connectivity index (χ2n) is 12.0. The second-order valence-corrected chi connectivity index (χ2v) is 12.0. The molecule has 1 aromatic carbocycles. The quantitative estimate of drug-likeness (QED) is 0.400. The van der Waals surface area contributed by atoms with E-state index in [0.717, 1.165) is 43.7 Å². The van der Waals surface area contributed by atoms with E-state index in [1.165, 1.54) is 25.9 Å². The fraction of sp³-hybridized carbons (Fsp3) is 0.655. The molecule has 1 heterocycles. The summed E-state index contributed by atoms with van der Waals surface area (Å²) in [7, 11) is 0. The number of carbonyl (C=O) groups is 2. The van der Waals surface area contributed by atoms with Crippen LogP contribution in [0.2, 0.25) is 0 Å². The molecule has 0 unspecified atom stereocenters. The summed E-state index contributed by atoms with van der Waals surface area (Å²) in [4.78, 5) is 29.4. The Hall–Kier alpha value is -2.34. The number of nitrogens with one attached hydrogen (secondary N) is 2. The maximum atomic E-state index is 13.5. The van der Waals surface area contributed by atoms with Crippen molar-refractivity contribution < 1.29 is 14.3 Å². The van der Waals surface area contributed by atoms with Gasteiger partial charge in [-0.1, -0.05) is 12.2 Å². The third-order valence-electron chi connectivity index (χ3n) is 8.39. The average Bonchev–Trinajstić information content (AvgIpc) is 3.16. The minimum absolute atomic E-state index is 0.0354. The van der Waals surface area contributed by atoms with Crippen LogP contribution in [0.5, 0.6) is 5.75 Å². The van der Waals surface area contributed by atoms with Crippen LogP contribution in [0, 0.1) is 29.1 Å². The first-order valence-corrected chi connectivity index (χ1v) is 13.6. The molecule has 5 rings (SSSR count). The van der Waals surface area contributed by atoms with Gasteiger partial charge in [-0.2, -0.15) is 0 Å². The Bertz CT molecular complexity index is 954. The average molecular weight is 480 g/mol. The zero-order valence-electron chi connectivity index (χ0n) is 21.5. The maximum absolute atomic E-state index is 13.5. The number of rotatable bonds is 9. The first-order chi connectivity index (χ1) is 16.8. The van der Waals surface area contributed by atoms with Gasteiger partial charge in [0.1, 0.15) is 11.4 Å². The number of anilines is 1. The fourth-order valence-corrected chi connectivity index (χ4v) is 6.69. The molecular weight excluding hydrogens is 438 g/mol. The highest BCUT2D eigenvalue weighted by atomic mass is 16.5. The third kappa shape index (κ3) is 5.13. The molecule has 6 nitrogen and oxygen atoms in total. The number of hydrogen-bond donors (Lipinski definition) is 2. The predicted octanol–water partition coefficient (Wildman–Crippen LogP) is 4.62. The fourth-order valence-electron chi connectivity index (χ4n) is 6.69. The van der Waals surface area contributed by atoms with Crippen LogP contribution in [-0.4, -0.2) is 48.5 Å². The van der Waals surface area contributed by atoms with E-state index in [0.29, 0.717) is 6.54 Å². The lowest BCUT2D eigenvalue weighted by atomic mass is 9.81. The van der Waals surface area contributed by atoms with E-state index in [4.69, 9.17) is 4.74 Å². The zero-order valence-corrected chi connectivity index (χ0v) is 21.5. The van der Waals surface area contributed by atoms with Crippen molar-refractivity contribution in [2.45, 2.75) is 64.9 Å². The van der Waals surface area contributed by atoms with Crippen LogP contribution in [0.4, 0.5) is 5.69 Å². The molecule has 1 aromatic rings. The van der Waals surface area contributed by atoms with E-state index in [2.05, 4.69) is 27.7 Å². The van der Waals surface area contributed by atoms with Crippen LogP contribution in [-0.2, 0) is 9.59 Å². The van der Waals surface area contributed by atoms with Crippen molar-refractivity contribution in [2.24, 2.45) is 29.1 Å². The van der Waals surface area contributed by atoms with E-state index in [1.807, 2.05) is 45.0 Å². The third-order valence-corrected chi connectivity index (χ3v) is 8.39. The summed E-state index contributed by atoms with van der Waals surface area (Å²) >= 11 is 0. The van der Waals surface area contributed by atoms with Crippen LogP contribution >= 0.6 is 0 Å². The molecule has 1 spiro atoms. The first-order valence-electron chi connectivity index (χ1n) is 13.6. The molecule has 3 fully saturated rings. The molecule has 3 aliphatic carbocycles. The summed E-state index contributed by atoms with van der Waals surface area (Å²) < 4.78 is 5.89. The van der Waals surface area contributed by atoms with Gasteiger partial charge < -0.3 is 20.3 Å². The molecule has 0 aromatic heterocycles. The van der Waals surface area contributed by atoms with Crippen LogP contribution in [0.3, 0.4) is 0 Å². The molecule has 190 valence electrons. The monoisotopic (exact) mass is 479 g/mol. The lowest BCUT2D eigenvalue weighted by Crippen LogP contribution is -2.42. The Morgan fingerprint density at radius 1 is 0.971 bits per heavy atom. The molecule has 0 radical (unpaired) electrons. The molecule has 2 bridgehead atoms. The molecule has 4 aliphatic rings. The predicted molar refractivity (Wildman–Crippen MR) is 138 cm³/mol. The summed E-state index contributed by atoms with van der Waals surface area (Å²) in [6.45, 7) is 10.3. The minimum atomic E-state index is -0.303. The lowest BCUT2D eigenvalue weighted by molar-refractivity contribution is -0.132. The van der Waals surface area contributed by atoms with Gasteiger partial charge in [0.15, 0.2) is 0 Å². The van der Waals surface area contributed by atoms with Crippen LogP contribution < -0.4 is 15.4 Å². The Morgan fingerprint density at radius 3 is 2.20 bits per heavy atom. The van der Waals surface area contributed by atoms with Crippen molar-refractivity contribution in [3.05, 3.63) is 36.4 Å².